The number of nitrogens with zero attached hydrogens (tertiary/aromatic N) is 1. The van der Waals surface area contributed by atoms with E-state index in [1.165, 1.54) is 11.0 Å². The van der Waals surface area contributed by atoms with Crippen molar-refractivity contribution >= 4 is 23.5 Å². The van der Waals surface area contributed by atoms with E-state index < -0.39 is 22.8 Å². The molecule has 0 aliphatic carbocycles. The van der Waals surface area contributed by atoms with Gasteiger partial charge < -0.3 is 15.5 Å². The zero-order valence-corrected chi connectivity index (χ0v) is 13.0. The van der Waals surface area contributed by atoms with Crippen molar-refractivity contribution in [1.29, 1.82) is 0 Å². The molecule has 1 heterocycles. The number of alkyl halides is 3. The van der Waals surface area contributed by atoms with Crippen LogP contribution in [0.4, 0.5) is 18.0 Å². The van der Waals surface area contributed by atoms with Gasteiger partial charge in [0.1, 0.15) is 0 Å². The highest BCUT2D eigenvalue weighted by Crippen LogP contribution is 2.35. The SMILES string of the molecule is CN1C[C@@H](NC(=O)NCc2ccc(Cl)c(C(F)(F)F)c2)CC1=O. The first-order valence-corrected chi connectivity index (χ1v) is 7.18. The molecule has 2 N–H and O–H groups in total. The highest BCUT2D eigenvalue weighted by Gasteiger charge is 2.33. The highest BCUT2D eigenvalue weighted by molar-refractivity contribution is 6.31. The molecule has 0 unspecified atom stereocenters. The second-order valence-electron chi connectivity index (χ2n) is 5.31. The monoisotopic (exact) mass is 349 g/mol. The van der Waals surface area contributed by atoms with E-state index in [0.717, 1.165) is 12.1 Å². The van der Waals surface area contributed by atoms with Gasteiger partial charge in [-0.2, -0.15) is 13.2 Å². The smallest absolute Gasteiger partial charge is 0.344 e. The van der Waals surface area contributed by atoms with Crippen LogP contribution in [0.5, 0.6) is 0 Å². The molecule has 0 bridgehead atoms. The number of benzene rings is 1. The lowest BCUT2D eigenvalue weighted by molar-refractivity contribution is -0.137. The number of nitrogens with one attached hydrogen (secondary N) is 2. The summed E-state index contributed by atoms with van der Waals surface area (Å²) in [6.07, 6.45) is -4.34. The van der Waals surface area contributed by atoms with E-state index in [0.29, 0.717) is 6.54 Å². The molecule has 126 valence electrons. The van der Waals surface area contributed by atoms with Gasteiger partial charge in [-0.25, -0.2) is 4.79 Å². The molecular formula is C14H15ClF3N3O2. The van der Waals surface area contributed by atoms with Crippen molar-refractivity contribution in [2.75, 3.05) is 13.6 Å². The molecule has 23 heavy (non-hydrogen) atoms. The Kier molecular flexibility index (Phi) is 5.03. The van der Waals surface area contributed by atoms with Crippen LogP contribution in [-0.2, 0) is 17.5 Å². The van der Waals surface area contributed by atoms with Crippen LogP contribution in [0.3, 0.4) is 0 Å². The summed E-state index contributed by atoms with van der Waals surface area (Å²) in [4.78, 5) is 24.6. The summed E-state index contributed by atoms with van der Waals surface area (Å²) in [6.45, 7) is 0.327. The molecule has 2 rings (SSSR count). The largest absolute Gasteiger partial charge is 0.417 e. The minimum Gasteiger partial charge on any atom is -0.344 e. The molecular weight excluding hydrogens is 335 g/mol. The Balaban J connectivity index is 1.91. The lowest BCUT2D eigenvalue weighted by Crippen LogP contribution is -2.42. The van der Waals surface area contributed by atoms with Crippen molar-refractivity contribution in [1.82, 2.24) is 15.5 Å². The van der Waals surface area contributed by atoms with Crippen LogP contribution in [0.1, 0.15) is 17.5 Å². The summed E-state index contributed by atoms with van der Waals surface area (Å²) >= 11 is 5.53. The summed E-state index contributed by atoms with van der Waals surface area (Å²) in [5.41, 5.74) is -0.668. The Hall–Kier alpha value is -1.96. The third-order valence-electron chi connectivity index (χ3n) is 3.47. The number of carbonyl (C=O) groups is 2. The van der Waals surface area contributed by atoms with E-state index in [1.54, 1.807) is 7.05 Å². The van der Waals surface area contributed by atoms with Crippen LogP contribution >= 0.6 is 11.6 Å². The Morgan fingerprint density at radius 2 is 2.13 bits per heavy atom. The predicted molar refractivity (Wildman–Crippen MR) is 77.9 cm³/mol. The maximum atomic E-state index is 12.8. The molecule has 1 aromatic carbocycles. The fourth-order valence-corrected chi connectivity index (χ4v) is 2.50. The fourth-order valence-electron chi connectivity index (χ4n) is 2.28. The fraction of sp³-hybridized carbons (Fsp3) is 0.429. The first-order valence-electron chi connectivity index (χ1n) is 6.81. The Morgan fingerprint density at radius 3 is 2.70 bits per heavy atom. The third-order valence-corrected chi connectivity index (χ3v) is 3.80. The van der Waals surface area contributed by atoms with Crippen LogP contribution < -0.4 is 10.6 Å². The summed E-state index contributed by atoms with van der Waals surface area (Å²) in [5, 5.41) is 4.68. The number of hydrogen-bond acceptors (Lipinski definition) is 2. The highest BCUT2D eigenvalue weighted by atomic mass is 35.5. The molecule has 1 fully saturated rings. The van der Waals surface area contributed by atoms with Crippen molar-refractivity contribution in [3.8, 4) is 0 Å². The van der Waals surface area contributed by atoms with Crippen molar-refractivity contribution in [3.63, 3.8) is 0 Å². The van der Waals surface area contributed by atoms with E-state index in [9.17, 15) is 22.8 Å². The normalized spacial score (nSPS) is 18.2. The molecule has 1 saturated heterocycles. The van der Waals surface area contributed by atoms with Gasteiger partial charge in [-0.15, -0.1) is 0 Å². The molecule has 1 atom stereocenters. The lowest BCUT2D eigenvalue weighted by atomic mass is 10.1. The van der Waals surface area contributed by atoms with Crippen LogP contribution in [0.25, 0.3) is 0 Å². The van der Waals surface area contributed by atoms with E-state index >= 15 is 0 Å². The Bertz CT molecular complexity index is 622. The number of hydrogen-bond donors (Lipinski definition) is 2. The number of amides is 3. The molecule has 5 nitrogen and oxygen atoms in total. The molecule has 0 radical (unpaired) electrons. The number of halogens is 4. The summed E-state index contributed by atoms with van der Waals surface area (Å²) in [6, 6.07) is 2.61. The van der Waals surface area contributed by atoms with E-state index in [-0.39, 0.29) is 30.5 Å². The lowest BCUT2D eigenvalue weighted by Gasteiger charge is -2.14. The van der Waals surface area contributed by atoms with Gasteiger partial charge in [0.05, 0.1) is 16.6 Å². The first-order chi connectivity index (χ1) is 10.7. The Morgan fingerprint density at radius 1 is 1.43 bits per heavy atom. The topological polar surface area (TPSA) is 61.4 Å². The van der Waals surface area contributed by atoms with Crippen LogP contribution in [0.15, 0.2) is 18.2 Å². The average Bonchev–Trinajstić information content (AvgIpc) is 2.75. The van der Waals surface area contributed by atoms with Gasteiger partial charge in [0.25, 0.3) is 0 Å². The van der Waals surface area contributed by atoms with Gasteiger partial charge in [0, 0.05) is 26.6 Å². The second-order valence-corrected chi connectivity index (χ2v) is 5.72. The molecule has 9 heteroatoms. The van der Waals surface area contributed by atoms with Gasteiger partial charge in [-0.1, -0.05) is 17.7 Å². The molecule has 1 aromatic rings. The minimum atomic E-state index is -4.55. The van der Waals surface area contributed by atoms with Gasteiger partial charge in [0.2, 0.25) is 5.91 Å². The van der Waals surface area contributed by atoms with E-state index in [2.05, 4.69) is 10.6 Å². The van der Waals surface area contributed by atoms with Gasteiger partial charge in [-0.05, 0) is 17.7 Å². The average molecular weight is 350 g/mol. The summed E-state index contributed by atoms with van der Waals surface area (Å²) in [7, 11) is 1.63. The third kappa shape index (κ3) is 4.51. The number of likely N-dealkylation sites (N-methyl/N-ethyl adjacent to an activating group) is 1. The van der Waals surface area contributed by atoms with E-state index in [4.69, 9.17) is 11.6 Å². The summed E-state index contributed by atoms with van der Waals surface area (Å²) < 4.78 is 38.3. The number of urea groups is 1. The van der Waals surface area contributed by atoms with Crippen molar-refractivity contribution in [3.05, 3.63) is 34.3 Å². The molecule has 0 saturated carbocycles. The summed E-state index contributed by atoms with van der Waals surface area (Å²) in [5.74, 6) is -0.0668. The minimum absolute atomic E-state index is 0.0668. The number of carbonyl (C=O) groups excluding carboxylic acids is 2. The molecule has 3 amide bonds. The number of likely N-dealkylation sites (tertiary alicyclic amines) is 1. The van der Waals surface area contributed by atoms with Crippen LogP contribution in [0, 0.1) is 0 Å². The quantitative estimate of drug-likeness (QED) is 0.880. The second kappa shape index (κ2) is 6.66. The van der Waals surface area contributed by atoms with E-state index in [1.807, 2.05) is 0 Å². The standard InChI is InChI=1S/C14H15ClF3N3O2/c1-21-7-9(5-12(21)22)20-13(23)19-6-8-2-3-11(15)10(4-8)14(16,17)18/h2-4,9H,5-7H2,1H3,(H2,19,20,23)/t9-/m0/s1. The zero-order valence-electron chi connectivity index (χ0n) is 12.2. The molecule has 1 aliphatic heterocycles. The predicted octanol–water partition coefficient (Wildman–Crippen LogP) is 2.39. The van der Waals surface area contributed by atoms with Gasteiger partial charge in [0.15, 0.2) is 0 Å². The maximum Gasteiger partial charge on any atom is 0.417 e. The van der Waals surface area contributed by atoms with Crippen molar-refractivity contribution in [2.24, 2.45) is 0 Å². The van der Waals surface area contributed by atoms with Gasteiger partial charge in [-0.3, -0.25) is 4.79 Å². The molecule has 1 aliphatic rings. The molecule has 0 spiro atoms. The van der Waals surface area contributed by atoms with Crippen LogP contribution in [0.2, 0.25) is 5.02 Å². The number of rotatable bonds is 3. The van der Waals surface area contributed by atoms with Crippen LogP contribution in [-0.4, -0.2) is 36.5 Å². The first kappa shape index (κ1) is 17.4. The zero-order chi connectivity index (χ0) is 17.2. The van der Waals surface area contributed by atoms with Crippen molar-refractivity contribution < 1.29 is 22.8 Å². The Labute approximate surface area is 135 Å². The maximum absolute atomic E-state index is 12.8. The van der Waals surface area contributed by atoms with Gasteiger partial charge >= 0.3 is 12.2 Å². The van der Waals surface area contributed by atoms with Crippen molar-refractivity contribution in [2.45, 2.75) is 25.2 Å². The molecule has 0 aromatic heterocycles.